The highest BCUT2D eigenvalue weighted by molar-refractivity contribution is 6.39. The van der Waals surface area contributed by atoms with Crippen molar-refractivity contribution < 1.29 is 0 Å². The van der Waals surface area contributed by atoms with Gasteiger partial charge >= 0.3 is 0 Å². The van der Waals surface area contributed by atoms with Crippen LogP contribution in [0, 0.1) is 0 Å². The number of rotatable bonds is 5. The van der Waals surface area contributed by atoms with Crippen molar-refractivity contribution in [3.8, 4) is 22.3 Å². The molecule has 0 bridgehead atoms. The molecule has 0 saturated heterocycles. The Kier molecular flexibility index (Phi) is 8.56. The second kappa shape index (κ2) is 14.5. The molecule has 0 fully saturated rings. The van der Waals surface area contributed by atoms with E-state index in [1.54, 1.807) is 0 Å². The molecule has 11 rings (SSSR count). The van der Waals surface area contributed by atoms with Gasteiger partial charge in [-0.25, -0.2) is 9.98 Å². The molecule has 59 heavy (non-hydrogen) atoms. The molecule has 0 amide bonds. The monoisotopic (exact) mass is 752 g/mol. The minimum Gasteiger partial charge on any atom is -0.232 e. The summed E-state index contributed by atoms with van der Waals surface area (Å²) < 4.78 is 0. The number of benzene rings is 10. The highest BCUT2D eigenvalue weighted by Gasteiger charge is 2.20. The van der Waals surface area contributed by atoms with Gasteiger partial charge in [0.15, 0.2) is 5.84 Å². The van der Waals surface area contributed by atoms with Gasteiger partial charge in [-0.05, 0) is 113 Å². The molecule has 10 aromatic rings. The van der Waals surface area contributed by atoms with E-state index in [0.717, 1.165) is 46.8 Å². The minimum absolute atomic E-state index is 0.724. The molecule has 10 aromatic carbocycles. The fraction of sp³-hybridized carbons (Fsp3) is 0.0526. The molecule has 0 aliphatic carbocycles. The summed E-state index contributed by atoms with van der Waals surface area (Å²) in [7, 11) is 0. The van der Waals surface area contributed by atoms with Gasteiger partial charge in [0.25, 0.3) is 0 Å². The highest BCUT2D eigenvalue weighted by Crippen LogP contribution is 2.44. The molecular weight excluding hydrogens is 713 g/mol. The molecule has 0 saturated carbocycles. The van der Waals surface area contributed by atoms with E-state index in [1.807, 2.05) is 0 Å². The average Bonchev–Trinajstić information content (AvgIpc) is 3.31. The summed E-state index contributed by atoms with van der Waals surface area (Å²) in [6.07, 6.45) is 1.66. The van der Waals surface area contributed by atoms with Crippen LogP contribution in [0.25, 0.3) is 81.8 Å². The Morgan fingerprint density at radius 2 is 0.695 bits per heavy atom. The first-order valence-electron chi connectivity index (χ1n) is 20.5. The Morgan fingerprint density at radius 1 is 0.305 bits per heavy atom. The summed E-state index contributed by atoms with van der Waals surface area (Å²) in [5.74, 6) is 0.724. The van der Waals surface area contributed by atoms with E-state index in [4.69, 9.17) is 9.98 Å². The highest BCUT2D eigenvalue weighted by atomic mass is 14.9. The maximum atomic E-state index is 5.55. The molecule has 1 aliphatic heterocycles. The SMILES string of the molecule is C/C1=C(/c2ccc3c(c2)c2ccccc2c2c4ccccc4c4ccccc4c32)N=C(c2ccc(-c3ccccc3)cc2)N=C(c2ccc(-c3ccccc3)cc2)CC1. The van der Waals surface area contributed by atoms with Crippen molar-refractivity contribution in [3.63, 3.8) is 0 Å². The first kappa shape index (κ1) is 34.8. The van der Waals surface area contributed by atoms with Gasteiger partial charge in [-0.3, -0.25) is 0 Å². The quantitative estimate of drug-likeness (QED) is 0.156. The van der Waals surface area contributed by atoms with Crippen molar-refractivity contribution in [3.05, 3.63) is 222 Å². The average molecular weight is 753 g/mol. The molecule has 2 heteroatoms. The lowest BCUT2D eigenvalue weighted by atomic mass is 9.86. The van der Waals surface area contributed by atoms with Crippen LogP contribution >= 0.6 is 0 Å². The van der Waals surface area contributed by atoms with Crippen molar-refractivity contribution in [2.75, 3.05) is 0 Å². The minimum atomic E-state index is 0.724. The standard InChI is InChI=1S/C57H40N2/c1-37-24-35-53(42-29-25-40(26-30-42)38-14-4-2-5-15-38)58-57(43-31-27-41(28-32-43)39-16-6-3-7-17-39)59-56(37)44-33-34-51-52(36-44)47-20-10-13-23-50(47)54-48-21-11-8-18-45(48)46-19-9-12-22-49(46)55(51)54/h2-23,25-34,36H,24,35H2,1H3/b56-37+,58-53?,59-57?. The molecule has 0 aromatic heterocycles. The summed E-state index contributed by atoms with van der Waals surface area (Å²) in [5.41, 5.74) is 11.3. The molecule has 0 radical (unpaired) electrons. The van der Waals surface area contributed by atoms with Crippen LogP contribution in [0.1, 0.15) is 36.5 Å². The van der Waals surface area contributed by atoms with Gasteiger partial charge in [0, 0.05) is 11.1 Å². The van der Waals surface area contributed by atoms with Crippen LogP contribution in [-0.2, 0) is 0 Å². The van der Waals surface area contributed by atoms with Crippen molar-refractivity contribution in [2.45, 2.75) is 19.8 Å². The second-order valence-corrected chi connectivity index (χ2v) is 15.7. The van der Waals surface area contributed by atoms with Crippen LogP contribution in [0.15, 0.2) is 216 Å². The van der Waals surface area contributed by atoms with E-state index in [2.05, 4.69) is 207 Å². The number of amidine groups is 1. The van der Waals surface area contributed by atoms with Gasteiger partial charge < -0.3 is 0 Å². The van der Waals surface area contributed by atoms with E-state index < -0.39 is 0 Å². The van der Waals surface area contributed by atoms with Gasteiger partial charge in [-0.2, -0.15) is 0 Å². The van der Waals surface area contributed by atoms with Gasteiger partial charge in [-0.15, -0.1) is 0 Å². The molecule has 2 nitrogen and oxygen atoms in total. The van der Waals surface area contributed by atoms with Crippen molar-refractivity contribution in [1.82, 2.24) is 0 Å². The van der Waals surface area contributed by atoms with Crippen molar-refractivity contribution in [2.24, 2.45) is 9.98 Å². The third-order valence-corrected chi connectivity index (χ3v) is 12.2. The molecule has 0 unspecified atom stereocenters. The predicted octanol–water partition coefficient (Wildman–Crippen LogP) is 15.2. The largest absolute Gasteiger partial charge is 0.232 e. The zero-order valence-corrected chi connectivity index (χ0v) is 32.9. The summed E-state index contributed by atoms with van der Waals surface area (Å²) >= 11 is 0. The van der Waals surface area contributed by atoms with Crippen molar-refractivity contribution in [1.29, 1.82) is 0 Å². The van der Waals surface area contributed by atoms with E-state index in [0.29, 0.717) is 0 Å². The first-order valence-corrected chi connectivity index (χ1v) is 20.5. The fourth-order valence-electron chi connectivity index (χ4n) is 9.18. The summed E-state index contributed by atoms with van der Waals surface area (Å²) in [5, 5.41) is 12.8. The number of aliphatic imine (C=N–C) groups is 2. The zero-order chi connectivity index (χ0) is 39.3. The van der Waals surface area contributed by atoms with E-state index in [1.165, 1.54) is 81.7 Å². The Morgan fingerprint density at radius 3 is 1.22 bits per heavy atom. The third kappa shape index (κ3) is 6.13. The number of hydrogen-bond donors (Lipinski definition) is 0. The molecule has 1 aliphatic rings. The van der Waals surface area contributed by atoms with E-state index in [-0.39, 0.29) is 0 Å². The van der Waals surface area contributed by atoms with Crippen LogP contribution in [-0.4, -0.2) is 11.5 Å². The fourth-order valence-corrected chi connectivity index (χ4v) is 9.18. The first-order chi connectivity index (χ1) is 29.2. The van der Waals surface area contributed by atoms with Gasteiger partial charge in [0.2, 0.25) is 0 Å². The molecule has 0 N–H and O–H groups in total. The van der Waals surface area contributed by atoms with Gasteiger partial charge in [-0.1, -0.05) is 194 Å². The Labute approximate surface area is 344 Å². The number of fused-ring (bicyclic) bond motifs is 11. The number of hydrogen-bond acceptors (Lipinski definition) is 2. The summed E-state index contributed by atoms with van der Waals surface area (Å²) in [6.45, 7) is 2.25. The van der Waals surface area contributed by atoms with Crippen LogP contribution in [0.3, 0.4) is 0 Å². The molecular formula is C57H40N2. The maximum Gasteiger partial charge on any atom is 0.160 e. The Balaban J connectivity index is 1.10. The van der Waals surface area contributed by atoms with Crippen molar-refractivity contribution >= 4 is 71.1 Å². The molecule has 1 heterocycles. The zero-order valence-electron chi connectivity index (χ0n) is 32.9. The Hall–Kier alpha value is -7.42. The Bertz CT molecular complexity index is 3340. The number of nitrogens with zero attached hydrogens (tertiary/aromatic N) is 2. The normalized spacial score (nSPS) is 14.7. The summed E-state index contributed by atoms with van der Waals surface area (Å²) in [6, 6.07) is 72.3. The lowest BCUT2D eigenvalue weighted by molar-refractivity contribution is 1.00. The second-order valence-electron chi connectivity index (χ2n) is 15.7. The smallest absolute Gasteiger partial charge is 0.160 e. The van der Waals surface area contributed by atoms with Crippen LogP contribution in [0.5, 0.6) is 0 Å². The van der Waals surface area contributed by atoms with E-state index in [9.17, 15) is 0 Å². The maximum absolute atomic E-state index is 5.55. The molecule has 278 valence electrons. The van der Waals surface area contributed by atoms with Crippen LogP contribution < -0.4 is 0 Å². The van der Waals surface area contributed by atoms with Crippen LogP contribution in [0.2, 0.25) is 0 Å². The van der Waals surface area contributed by atoms with Gasteiger partial charge in [0.1, 0.15) is 0 Å². The topological polar surface area (TPSA) is 24.7 Å². The predicted molar refractivity (Wildman–Crippen MR) is 253 cm³/mol. The van der Waals surface area contributed by atoms with Gasteiger partial charge in [0.05, 0.1) is 11.4 Å². The lowest BCUT2D eigenvalue weighted by Crippen LogP contribution is -2.10. The lowest BCUT2D eigenvalue weighted by Gasteiger charge is -2.19. The van der Waals surface area contributed by atoms with E-state index >= 15 is 0 Å². The third-order valence-electron chi connectivity index (χ3n) is 12.2. The summed E-state index contributed by atoms with van der Waals surface area (Å²) in [4.78, 5) is 11.0. The molecule has 0 atom stereocenters. The molecule has 0 spiro atoms. The number of allylic oxidation sites excluding steroid dienone is 1. The van der Waals surface area contributed by atoms with Crippen LogP contribution in [0.4, 0.5) is 0 Å².